The highest BCUT2D eigenvalue weighted by Crippen LogP contribution is 2.30. The maximum Gasteiger partial charge on any atom is 0.573 e. The second-order valence-electron chi connectivity index (χ2n) is 3.64. The number of hydrogen-bond acceptors (Lipinski definition) is 2. The van der Waals surface area contributed by atoms with Crippen molar-refractivity contribution in [1.82, 2.24) is 0 Å². The van der Waals surface area contributed by atoms with Crippen LogP contribution in [0.4, 0.5) is 13.2 Å². The number of halogens is 4. The Kier molecular flexibility index (Phi) is 5.91. The zero-order valence-electron chi connectivity index (χ0n) is 8.88. The summed E-state index contributed by atoms with van der Waals surface area (Å²) in [5.74, 6) is 0.866. The molecule has 1 fully saturated rings. The van der Waals surface area contributed by atoms with Crippen molar-refractivity contribution in [2.75, 3.05) is 4.43 Å². The summed E-state index contributed by atoms with van der Waals surface area (Å²) in [5, 5.41) is 0. The van der Waals surface area contributed by atoms with E-state index in [1.165, 1.54) is 35.5 Å². The van der Waals surface area contributed by atoms with Crippen LogP contribution in [0.2, 0.25) is 0 Å². The molecule has 0 bridgehead atoms. The summed E-state index contributed by atoms with van der Waals surface area (Å²) < 4.78 is 39.9. The lowest BCUT2D eigenvalue weighted by atomic mass is 10.3. The number of benzene rings is 1. The van der Waals surface area contributed by atoms with Crippen LogP contribution in [-0.4, -0.2) is 10.8 Å². The summed E-state index contributed by atoms with van der Waals surface area (Å²) in [6.45, 7) is 0. The van der Waals surface area contributed by atoms with Crippen LogP contribution < -0.4 is 4.74 Å². The van der Waals surface area contributed by atoms with E-state index in [1.807, 2.05) is 0 Å². The molecule has 0 aliphatic heterocycles. The third-order valence-corrected chi connectivity index (χ3v) is 3.49. The van der Waals surface area contributed by atoms with Crippen molar-refractivity contribution in [3.8, 4) is 5.75 Å². The van der Waals surface area contributed by atoms with Gasteiger partial charge in [-0.2, -0.15) is 0 Å². The van der Waals surface area contributed by atoms with Crippen molar-refractivity contribution in [3.05, 3.63) is 24.3 Å². The van der Waals surface area contributed by atoms with E-state index in [-0.39, 0.29) is 5.75 Å². The number of alkyl halides is 4. The molecule has 1 aliphatic carbocycles. The van der Waals surface area contributed by atoms with Crippen molar-refractivity contribution in [2.45, 2.75) is 24.1 Å². The minimum Gasteiger partial charge on any atom is -0.406 e. The molecule has 1 aromatic carbocycles. The number of thiol groups is 1. The Morgan fingerprint density at radius 2 is 2.00 bits per heavy atom. The molecule has 6 heteroatoms. The van der Waals surface area contributed by atoms with Crippen molar-refractivity contribution in [2.24, 2.45) is 5.92 Å². The molecule has 1 aliphatic rings. The molecule has 1 aromatic rings. The monoisotopic (exact) mass is 376 g/mol. The minimum atomic E-state index is -4.64. The average molecular weight is 376 g/mol. The molecule has 0 heterocycles. The highest BCUT2D eigenvalue weighted by molar-refractivity contribution is 14.1. The Morgan fingerprint density at radius 3 is 2.35 bits per heavy atom. The van der Waals surface area contributed by atoms with Gasteiger partial charge in [0.25, 0.3) is 0 Å². The molecule has 96 valence electrons. The van der Waals surface area contributed by atoms with E-state index in [2.05, 4.69) is 40.0 Å². The molecule has 0 atom stereocenters. The van der Waals surface area contributed by atoms with E-state index in [0.29, 0.717) is 4.90 Å². The van der Waals surface area contributed by atoms with E-state index >= 15 is 0 Å². The van der Waals surface area contributed by atoms with E-state index < -0.39 is 6.36 Å². The molecule has 0 unspecified atom stereocenters. The maximum atomic E-state index is 11.6. The first-order chi connectivity index (χ1) is 7.90. The molecule has 0 amide bonds. The molecule has 0 radical (unpaired) electrons. The highest BCUT2D eigenvalue weighted by Gasteiger charge is 2.30. The smallest absolute Gasteiger partial charge is 0.406 e. The van der Waals surface area contributed by atoms with Gasteiger partial charge in [-0.05, 0) is 37.0 Å². The van der Waals surface area contributed by atoms with E-state index in [4.69, 9.17) is 0 Å². The fourth-order valence-electron chi connectivity index (χ4n) is 0.953. The van der Waals surface area contributed by atoms with Crippen molar-refractivity contribution in [3.63, 3.8) is 0 Å². The lowest BCUT2D eigenvalue weighted by Crippen LogP contribution is -2.16. The van der Waals surface area contributed by atoms with Crippen molar-refractivity contribution in [1.29, 1.82) is 0 Å². The van der Waals surface area contributed by atoms with Crippen LogP contribution in [-0.2, 0) is 0 Å². The van der Waals surface area contributed by atoms with Gasteiger partial charge in [0.05, 0.1) is 0 Å². The molecule has 0 saturated heterocycles. The van der Waals surface area contributed by atoms with Gasteiger partial charge < -0.3 is 4.74 Å². The summed E-state index contributed by atoms with van der Waals surface area (Å²) in [6.07, 6.45) is -1.63. The summed E-state index contributed by atoms with van der Waals surface area (Å²) in [6, 6.07) is 5.40. The SMILES string of the molecule is FC(F)(F)Oc1cccc(S)c1.ICC1CC1. The van der Waals surface area contributed by atoms with Gasteiger partial charge in [-0.25, -0.2) is 0 Å². The van der Waals surface area contributed by atoms with Crippen LogP contribution >= 0.6 is 35.2 Å². The Hall–Kier alpha value is -0.110. The molecular weight excluding hydrogens is 364 g/mol. The highest BCUT2D eigenvalue weighted by atomic mass is 127. The first-order valence-corrected chi connectivity index (χ1v) is 6.98. The largest absolute Gasteiger partial charge is 0.573 e. The quantitative estimate of drug-likeness (QED) is 0.447. The molecule has 1 nitrogen and oxygen atoms in total. The molecule has 2 rings (SSSR count). The summed E-state index contributed by atoms with van der Waals surface area (Å²) >= 11 is 6.30. The van der Waals surface area contributed by atoms with Crippen LogP contribution in [0.3, 0.4) is 0 Å². The van der Waals surface area contributed by atoms with Crippen LogP contribution in [0, 0.1) is 5.92 Å². The van der Waals surface area contributed by atoms with E-state index in [1.54, 1.807) is 6.07 Å². The maximum absolute atomic E-state index is 11.6. The Bertz CT molecular complexity index is 353. The zero-order chi connectivity index (χ0) is 12.9. The molecule has 0 N–H and O–H groups in total. The summed E-state index contributed by atoms with van der Waals surface area (Å²) in [5.41, 5.74) is 0. The third kappa shape index (κ3) is 7.75. The fraction of sp³-hybridized carbons (Fsp3) is 0.455. The first kappa shape index (κ1) is 14.9. The van der Waals surface area contributed by atoms with Gasteiger partial charge in [-0.1, -0.05) is 28.7 Å². The molecule has 17 heavy (non-hydrogen) atoms. The third-order valence-electron chi connectivity index (χ3n) is 1.97. The number of rotatable bonds is 2. The topological polar surface area (TPSA) is 9.23 Å². The Labute approximate surface area is 117 Å². The lowest BCUT2D eigenvalue weighted by molar-refractivity contribution is -0.274. The van der Waals surface area contributed by atoms with Crippen LogP contribution in [0.5, 0.6) is 5.75 Å². The summed E-state index contributed by atoms with van der Waals surface area (Å²) in [4.78, 5) is 0.428. The first-order valence-electron chi connectivity index (χ1n) is 5.01. The molecule has 0 aromatic heterocycles. The van der Waals surface area contributed by atoms with Gasteiger partial charge in [0.15, 0.2) is 0 Å². The van der Waals surface area contributed by atoms with E-state index in [0.717, 1.165) is 5.92 Å². The van der Waals surface area contributed by atoms with Crippen molar-refractivity contribution >= 4 is 35.2 Å². The summed E-state index contributed by atoms with van der Waals surface area (Å²) in [7, 11) is 0. The van der Waals surface area contributed by atoms with Gasteiger partial charge in [-0.3, -0.25) is 0 Å². The molecular formula is C11H12F3IOS. The van der Waals surface area contributed by atoms with Gasteiger partial charge in [0, 0.05) is 9.32 Å². The Morgan fingerprint density at radius 1 is 1.35 bits per heavy atom. The second kappa shape index (κ2) is 6.72. The lowest BCUT2D eigenvalue weighted by Gasteiger charge is -2.08. The van der Waals surface area contributed by atoms with Gasteiger partial charge in [-0.15, -0.1) is 25.8 Å². The zero-order valence-corrected chi connectivity index (χ0v) is 11.9. The van der Waals surface area contributed by atoms with Crippen molar-refractivity contribution < 1.29 is 17.9 Å². The molecule has 1 saturated carbocycles. The average Bonchev–Trinajstić information content (AvgIpc) is 2.98. The van der Waals surface area contributed by atoms with Gasteiger partial charge in [0.1, 0.15) is 5.75 Å². The standard InChI is InChI=1S/C7H5F3OS.C4H7I/c8-7(9,10)11-5-2-1-3-6(12)4-5;5-3-4-1-2-4/h1-4,12H;4H,1-3H2. The van der Waals surface area contributed by atoms with Crippen LogP contribution in [0.1, 0.15) is 12.8 Å². The van der Waals surface area contributed by atoms with Gasteiger partial charge >= 0.3 is 6.36 Å². The number of hydrogen-bond donors (Lipinski definition) is 1. The van der Waals surface area contributed by atoms with Crippen LogP contribution in [0.15, 0.2) is 29.2 Å². The minimum absolute atomic E-state index is 0.255. The normalized spacial score (nSPS) is 14.9. The number of ether oxygens (including phenoxy) is 1. The van der Waals surface area contributed by atoms with Gasteiger partial charge in [0.2, 0.25) is 0 Å². The fourth-order valence-corrected chi connectivity index (χ4v) is 2.05. The Balaban J connectivity index is 0.000000239. The molecule has 0 spiro atoms. The van der Waals surface area contributed by atoms with Crippen LogP contribution in [0.25, 0.3) is 0 Å². The van der Waals surface area contributed by atoms with E-state index in [9.17, 15) is 13.2 Å². The second-order valence-corrected chi connectivity index (χ2v) is 5.04. The predicted octanol–water partition coefficient (Wildman–Crippen LogP) is 4.71. The predicted molar refractivity (Wildman–Crippen MR) is 72.0 cm³/mol.